The molecule has 0 aliphatic rings. The van der Waals surface area contributed by atoms with Crippen LogP contribution in [0.15, 0.2) is 0 Å². The van der Waals surface area contributed by atoms with Crippen molar-refractivity contribution in [2.24, 2.45) is 0 Å². The molecule has 0 amide bonds. The first-order valence-electron chi connectivity index (χ1n) is 1.10. The summed E-state index contributed by atoms with van der Waals surface area (Å²) in [7, 11) is 0. The van der Waals surface area contributed by atoms with E-state index in [-0.39, 0.29) is 46.4 Å². The van der Waals surface area contributed by atoms with Crippen molar-refractivity contribution >= 4 is 0 Å². The summed E-state index contributed by atoms with van der Waals surface area (Å²) in [5.74, 6) is 0. The molecule has 0 spiro atoms. The van der Waals surface area contributed by atoms with Crippen LogP contribution in [0.2, 0.25) is 0 Å². The Kier molecular flexibility index (Phi) is 35.9. The zero-order valence-corrected chi connectivity index (χ0v) is 8.13. The Balaban J connectivity index is -0.0000000300. The third-order valence-corrected chi connectivity index (χ3v) is 0. The van der Waals surface area contributed by atoms with E-state index in [0.717, 1.165) is 0 Å². The molecule has 0 fully saturated rings. The molecule has 0 aliphatic heterocycles. The summed E-state index contributed by atoms with van der Waals surface area (Å²) in [5, 5.41) is 29.5. The van der Waals surface area contributed by atoms with E-state index in [0.29, 0.717) is 0 Å². The molecule has 0 atom stereocenters. The zero-order valence-electron chi connectivity index (χ0n) is 4.09. The predicted molar refractivity (Wildman–Crippen MR) is 23.5 cm³/mol. The van der Waals surface area contributed by atoms with Gasteiger partial charge in [-0.05, 0) is 0 Å². The van der Waals surface area contributed by atoms with Crippen LogP contribution in [0, 0.1) is 30.6 Å². The summed E-state index contributed by atoms with van der Waals surface area (Å²) in [6, 6.07) is 0. The second-order valence-corrected chi connectivity index (χ2v) is 0.447. The van der Waals surface area contributed by atoms with E-state index < -0.39 is 10.2 Å². The molecule has 0 heterocycles. The smallest absolute Gasteiger partial charge is 0.356 e. The van der Waals surface area contributed by atoms with Gasteiger partial charge >= 0.3 is 22.4 Å². The van der Waals surface area contributed by atoms with Crippen molar-refractivity contribution in [1.29, 1.82) is 0 Å². The number of halogens is 1. The van der Waals surface area contributed by atoms with Crippen molar-refractivity contribution in [3.05, 3.63) is 30.6 Å². The first-order valence-corrected chi connectivity index (χ1v) is 1.10. The maximum absolute atomic E-state index is 8.25. The van der Waals surface area contributed by atoms with Crippen LogP contribution < -0.4 is 24.0 Å². The van der Waals surface area contributed by atoms with E-state index in [1.165, 1.54) is 0 Å². The average molecular weight is 361 g/mol. The van der Waals surface area contributed by atoms with Gasteiger partial charge in [-0.3, -0.25) is 0 Å². The minimum Gasteiger partial charge on any atom is -0.356 e. The molecule has 0 saturated heterocycles. The molecule has 0 rings (SSSR count). The molecule has 10 heteroatoms. The molecular weight excluding hydrogens is 359 g/mol. The summed E-state index contributed by atoms with van der Waals surface area (Å²) in [5.41, 5.74) is 0. The number of hydrogen-bond acceptors (Lipinski definition) is 6. The van der Waals surface area contributed by atoms with E-state index in [2.05, 4.69) is 0 Å². The molecule has 8 nitrogen and oxygen atoms in total. The van der Waals surface area contributed by atoms with Gasteiger partial charge in [0.05, 0.1) is 10.2 Å². The van der Waals surface area contributed by atoms with E-state index in [1.54, 1.807) is 0 Å². The molecule has 0 radical (unpaired) electrons. The van der Waals surface area contributed by atoms with Gasteiger partial charge in [-0.25, -0.2) is 0 Å². The normalized spacial score (nSPS) is 4.80. The molecule has 66 valence electrons. The van der Waals surface area contributed by atoms with Crippen molar-refractivity contribution in [2.75, 3.05) is 0 Å². The van der Waals surface area contributed by atoms with Crippen LogP contribution in [-0.2, 0) is 22.4 Å². The van der Waals surface area contributed by atoms with E-state index in [9.17, 15) is 0 Å². The van der Waals surface area contributed by atoms with Crippen molar-refractivity contribution < 1.29 is 56.5 Å². The van der Waals surface area contributed by atoms with Crippen LogP contribution in [0.3, 0.4) is 0 Å². The summed E-state index contributed by atoms with van der Waals surface area (Å²) in [6.07, 6.45) is 0. The Morgan fingerprint density at radius 1 is 0.800 bits per heavy atom. The number of nitrogens with zero attached hydrogens (tertiary/aromatic N) is 2. The molecule has 0 aliphatic carbocycles. The second-order valence-electron chi connectivity index (χ2n) is 0.447. The SMILES string of the molecule is O=[N+]([O-])[O-].O=[N+]([O-])[O-].[Ag+].[IH2+]. The van der Waals surface area contributed by atoms with Crippen LogP contribution in [-0.4, -0.2) is 10.2 Å². The number of rotatable bonds is 0. The van der Waals surface area contributed by atoms with Gasteiger partial charge in [-0.1, -0.05) is 0 Å². The topological polar surface area (TPSA) is 132 Å². The molecule has 0 N–H and O–H groups in total. The van der Waals surface area contributed by atoms with Gasteiger partial charge < -0.3 is 30.6 Å². The van der Waals surface area contributed by atoms with Crippen LogP contribution in [0.4, 0.5) is 0 Å². The summed E-state index contributed by atoms with van der Waals surface area (Å²) >= 11 is 0. The second kappa shape index (κ2) is 15.9. The first kappa shape index (κ1) is 22.5. The van der Waals surface area contributed by atoms with E-state index in [4.69, 9.17) is 30.6 Å². The summed E-state index contributed by atoms with van der Waals surface area (Å²) < 4.78 is 0. The van der Waals surface area contributed by atoms with Crippen LogP contribution in [0.1, 0.15) is 0 Å². The third-order valence-electron chi connectivity index (χ3n) is 0. The minimum atomic E-state index is -1.75. The summed E-state index contributed by atoms with van der Waals surface area (Å²) in [4.78, 5) is 16.5. The molecule has 10 heavy (non-hydrogen) atoms. The van der Waals surface area contributed by atoms with Crippen molar-refractivity contribution in [1.82, 2.24) is 0 Å². The molecule has 0 aromatic heterocycles. The van der Waals surface area contributed by atoms with Gasteiger partial charge in [-0.2, -0.15) is 0 Å². The Morgan fingerprint density at radius 2 is 0.800 bits per heavy atom. The Hall–Kier alpha value is -0.130. The number of hydrogen-bond donors (Lipinski definition) is 0. The largest absolute Gasteiger partial charge is 1.00 e. The van der Waals surface area contributed by atoms with E-state index in [1.807, 2.05) is 0 Å². The van der Waals surface area contributed by atoms with Crippen LogP contribution in [0.25, 0.3) is 0 Å². The van der Waals surface area contributed by atoms with Crippen LogP contribution in [0.5, 0.6) is 0 Å². The molecule has 0 aromatic carbocycles. The van der Waals surface area contributed by atoms with Gasteiger partial charge in [0.2, 0.25) is 24.0 Å². The van der Waals surface area contributed by atoms with E-state index >= 15 is 0 Å². The van der Waals surface area contributed by atoms with Gasteiger partial charge in [0.25, 0.3) is 0 Å². The Labute approximate surface area is 87.0 Å². The third kappa shape index (κ3) is 22100. The fourth-order valence-electron chi connectivity index (χ4n) is 0. The standard InChI is InChI=1S/Ag.H2I.2NO3/c;;2*2-1(3)4/h;1H2;;/q2*+1;2*-1. The van der Waals surface area contributed by atoms with Gasteiger partial charge in [0.15, 0.2) is 0 Å². The minimum absolute atomic E-state index is 0. The summed E-state index contributed by atoms with van der Waals surface area (Å²) in [6.45, 7) is 0. The van der Waals surface area contributed by atoms with Gasteiger partial charge in [-0.15, -0.1) is 0 Å². The fraction of sp³-hybridized carbons (Fsp3) is 0. The van der Waals surface area contributed by atoms with Crippen molar-refractivity contribution in [3.8, 4) is 0 Å². The maximum atomic E-state index is 8.25. The van der Waals surface area contributed by atoms with Crippen LogP contribution >= 0.6 is 0 Å². The quantitative estimate of drug-likeness (QED) is 0.187. The Morgan fingerprint density at radius 3 is 0.800 bits per heavy atom. The molecule has 0 bridgehead atoms. The van der Waals surface area contributed by atoms with Crippen molar-refractivity contribution in [3.63, 3.8) is 0 Å². The zero-order chi connectivity index (χ0) is 7.15. The molecule has 0 unspecified atom stereocenters. The fourth-order valence-corrected chi connectivity index (χ4v) is 0. The van der Waals surface area contributed by atoms with Gasteiger partial charge in [0, 0.05) is 0 Å². The molecule has 0 saturated carbocycles. The Bertz CT molecular complexity index is 73.7. The van der Waals surface area contributed by atoms with Crippen molar-refractivity contribution in [2.45, 2.75) is 0 Å². The molecular formula is H2AgIN2O6. The predicted octanol–water partition coefficient (Wildman–Crippen LogP) is -4.01. The van der Waals surface area contributed by atoms with Gasteiger partial charge in [0.1, 0.15) is 0 Å². The first-order chi connectivity index (χ1) is 3.46. The average Bonchev–Trinajstić information content (AvgIpc) is 1.25. The molecule has 0 aromatic rings. The maximum Gasteiger partial charge on any atom is 1.00 e. The monoisotopic (exact) mass is 360 g/mol.